The number of halogens is 1. The summed E-state index contributed by atoms with van der Waals surface area (Å²) in [6, 6.07) is 7.91. The standard InChI is InChI=1S/C21H20FNO2S/c1-21(2)10-17-20(18(24)11-21)16(13-7-8-26-12-13)9-19(25)23(17)15-5-3-14(22)4-6-15/h3-8,12,16H,9-11H2,1-2H3/t16-/m0/s1. The highest BCUT2D eigenvalue weighted by atomic mass is 32.1. The summed E-state index contributed by atoms with van der Waals surface area (Å²) in [4.78, 5) is 27.7. The minimum atomic E-state index is -0.344. The number of hydrogen-bond donors (Lipinski definition) is 0. The predicted octanol–water partition coefficient (Wildman–Crippen LogP) is 5.05. The third-order valence-corrected chi connectivity index (χ3v) is 5.87. The lowest BCUT2D eigenvalue weighted by Gasteiger charge is -2.42. The summed E-state index contributed by atoms with van der Waals surface area (Å²) in [5.41, 5.74) is 2.99. The first kappa shape index (κ1) is 17.2. The van der Waals surface area contributed by atoms with Gasteiger partial charge in [-0.1, -0.05) is 13.8 Å². The van der Waals surface area contributed by atoms with Crippen LogP contribution in [0.15, 0.2) is 52.4 Å². The van der Waals surface area contributed by atoms with Crippen molar-refractivity contribution in [1.29, 1.82) is 0 Å². The van der Waals surface area contributed by atoms with Gasteiger partial charge in [0.05, 0.1) is 0 Å². The molecule has 0 N–H and O–H groups in total. The minimum Gasteiger partial charge on any atom is -0.294 e. The lowest BCUT2D eigenvalue weighted by Crippen LogP contribution is -2.43. The Kier molecular flexibility index (Phi) is 4.07. The molecule has 0 unspecified atom stereocenters. The molecule has 0 radical (unpaired) electrons. The molecule has 5 heteroatoms. The van der Waals surface area contributed by atoms with Crippen molar-refractivity contribution in [2.24, 2.45) is 5.41 Å². The van der Waals surface area contributed by atoms with Gasteiger partial charge in [0, 0.05) is 35.7 Å². The molecular formula is C21H20FNO2S. The van der Waals surface area contributed by atoms with Gasteiger partial charge < -0.3 is 0 Å². The molecule has 1 aromatic heterocycles. The van der Waals surface area contributed by atoms with Crippen LogP contribution >= 0.6 is 11.3 Å². The van der Waals surface area contributed by atoms with Gasteiger partial charge in [-0.2, -0.15) is 11.3 Å². The first-order valence-corrected chi connectivity index (χ1v) is 9.67. The Morgan fingerprint density at radius 1 is 1.12 bits per heavy atom. The molecule has 1 atom stereocenters. The van der Waals surface area contributed by atoms with Gasteiger partial charge in [0.2, 0.25) is 5.91 Å². The monoisotopic (exact) mass is 369 g/mol. The van der Waals surface area contributed by atoms with Crippen molar-refractivity contribution in [3.8, 4) is 0 Å². The average Bonchev–Trinajstić information content (AvgIpc) is 3.08. The van der Waals surface area contributed by atoms with E-state index in [0.717, 1.165) is 16.8 Å². The lowest BCUT2D eigenvalue weighted by atomic mass is 9.69. The fourth-order valence-electron chi connectivity index (χ4n) is 4.06. The van der Waals surface area contributed by atoms with Crippen molar-refractivity contribution in [3.63, 3.8) is 0 Å². The molecule has 26 heavy (non-hydrogen) atoms. The summed E-state index contributed by atoms with van der Waals surface area (Å²) < 4.78 is 13.3. The van der Waals surface area contributed by atoms with E-state index in [1.165, 1.54) is 12.1 Å². The van der Waals surface area contributed by atoms with Crippen molar-refractivity contribution in [3.05, 3.63) is 63.7 Å². The molecule has 1 aliphatic heterocycles. The van der Waals surface area contributed by atoms with Crippen LogP contribution in [0.4, 0.5) is 10.1 Å². The largest absolute Gasteiger partial charge is 0.294 e. The molecule has 1 aromatic carbocycles. The Morgan fingerprint density at radius 2 is 1.85 bits per heavy atom. The van der Waals surface area contributed by atoms with E-state index in [1.807, 2.05) is 16.8 Å². The third-order valence-electron chi connectivity index (χ3n) is 5.17. The number of ketones is 1. The summed E-state index contributed by atoms with van der Waals surface area (Å²) in [6.45, 7) is 4.10. The highest BCUT2D eigenvalue weighted by molar-refractivity contribution is 7.08. The van der Waals surface area contributed by atoms with Gasteiger partial charge in [0.25, 0.3) is 0 Å². The Balaban J connectivity index is 1.89. The van der Waals surface area contributed by atoms with E-state index in [9.17, 15) is 14.0 Å². The maximum Gasteiger partial charge on any atom is 0.232 e. The number of amides is 1. The predicted molar refractivity (Wildman–Crippen MR) is 101 cm³/mol. The maximum absolute atomic E-state index is 13.3. The van der Waals surface area contributed by atoms with Crippen molar-refractivity contribution < 1.29 is 14.0 Å². The van der Waals surface area contributed by atoms with Gasteiger partial charge in [-0.3, -0.25) is 14.5 Å². The van der Waals surface area contributed by atoms with Crippen LogP contribution in [-0.2, 0) is 9.59 Å². The van der Waals surface area contributed by atoms with Crippen molar-refractivity contribution >= 4 is 28.7 Å². The van der Waals surface area contributed by atoms with Gasteiger partial charge in [-0.05, 0) is 58.5 Å². The molecule has 4 rings (SSSR count). The van der Waals surface area contributed by atoms with E-state index in [-0.39, 0.29) is 35.3 Å². The second-order valence-corrected chi connectivity index (χ2v) is 8.60. The van der Waals surface area contributed by atoms with E-state index in [1.54, 1.807) is 28.4 Å². The number of rotatable bonds is 2. The molecule has 0 fully saturated rings. The van der Waals surface area contributed by atoms with Crippen LogP contribution < -0.4 is 4.90 Å². The zero-order valence-corrected chi connectivity index (χ0v) is 15.6. The number of Topliss-reactive ketones (excluding diaryl/α,β-unsaturated/α-hetero) is 1. The number of benzene rings is 1. The van der Waals surface area contributed by atoms with Crippen LogP contribution in [0, 0.1) is 11.2 Å². The average molecular weight is 369 g/mol. The van der Waals surface area contributed by atoms with Crippen LogP contribution in [0.5, 0.6) is 0 Å². The maximum atomic E-state index is 13.3. The van der Waals surface area contributed by atoms with Crippen LogP contribution in [0.3, 0.4) is 0 Å². The Morgan fingerprint density at radius 3 is 2.50 bits per heavy atom. The fourth-order valence-corrected chi connectivity index (χ4v) is 4.78. The summed E-state index contributed by atoms with van der Waals surface area (Å²) in [5, 5.41) is 3.99. The van der Waals surface area contributed by atoms with E-state index >= 15 is 0 Å². The van der Waals surface area contributed by atoms with E-state index in [2.05, 4.69) is 13.8 Å². The van der Waals surface area contributed by atoms with Crippen molar-refractivity contribution in [2.45, 2.75) is 39.0 Å². The van der Waals surface area contributed by atoms with Gasteiger partial charge in [0.1, 0.15) is 5.82 Å². The molecule has 0 saturated heterocycles. The first-order chi connectivity index (χ1) is 12.4. The Bertz CT molecular complexity index is 897. The molecule has 2 heterocycles. The molecule has 1 amide bonds. The number of carbonyl (C=O) groups is 2. The van der Waals surface area contributed by atoms with Gasteiger partial charge in [-0.15, -0.1) is 0 Å². The molecule has 134 valence electrons. The zero-order chi connectivity index (χ0) is 18.5. The normalized spacial score (nSPS) is 22.6. The van der Waals surface area contributed by atoms with Gasteiger partial charge in [0.15, 0.2) is 5.78 Å². The second-order valence-electron chi connectivity index (χ2n) is 7.82. The first-order valence-electron chi connectivity index (χ1n) is 8.72. The molecule has 0 saturated carbocycles. The van der Waals surface area contributed by atoms with E-state index < -0.39 is 0 Å². The van der Waals surface area contributed by atoms with E-state index in [4.69, 9.17) is 0 Å². The number of hydrogen-bond acceptors (Lipinski definition) is 3. The van der Waals surface area contributed by atoms with Crippen molar-refractivity contribution in [2.75, 3.05) is 4.90 Å². The highest BCUT2D eigenvalue weighted by Gasteiger charge is 2.44. The molecule has 0 spiro atoms. The second kappa shape index (κ2) is 6.16. The zero-order valence-electron chi connectivity index (χ0n) is 14.8. The Labute approximate surface area is 156 Å². The highest BCUT2D eigenvalue weighted by Crippen LogP contribution is 2.48. The number of nitrogens with zero attached hydrogens (tertiary/aromatic N) is 1. The molecular weight excluding hydrogens is 349 g/mol. The molecule has 2 aromatic rings. The molecule has 0 bridgehead atoms. The van der Waals surface area contributed by atoms with Crippen molar-refractivity contribution in [1.82, 2.24) is 0 Å². The quantitative estimate of drug-likeness (QED) is 0.743. The molecule has 1 aliphatic carbocycles. The van der Waals surface area contributed by atoms with Crippen LogP contribution in [0.1, 0.15) is 44.6 Å². The van der Waals surface area contributed by atoms with Crippen LogP contribution in [-0.4, -0.2) is 11.7 Å². The van der Waals surface area contributed by atoms with Gasteiger partial charge in [-0.25, -0.2) is 4.39 Å². The summed E-state index contributed by atoms with van der Waals surface area (Å²) in [7, 11) is 0. The third kappa shape index (κ3) is 2.90. The van der Waals surface area contributed by atoms with Crippen LogP contribution in [0.2, 0.25) is 0 Å². The van der Waals surface area contributed by atoms with Crippen LogP contribution in [0.25, 0.3) is 0 Å². The smallest absolute Gasteiger partial charge is 0.232 e. The minimum absolute atomic E-state index is 0.0444. The number of carbonyl (C=O) groups excluding carboxylic acids is 2. The van der Waals surface area contributed by atoms with E-state index in [0.29, 0.717) is 18.5 Å². The lowest BCUT2D eigenvalue weighted by molar-refractivity contribution is -0.121. The fraction of sp³-hybridized carbons (Fsp3) is 0.333. The van der Waals surface area contributed by atoms with Gasteiger partial charge >= 0.3 is 0 Å². The topological polar surface area (TPSA) is 37.4 Å². The summed E-state index contributed by atoms with van der Waals surface area (Å²) >= 11 is 1.57. The summed E-state index contributed by atoms with van der Waals surface area (Å²) in [6.07, 6.45) is 1.40. The number of anilines is 1. The summed E-state index contributed by atoms with van der Waals surface area (Å²) in [5.74, 6) is -0.447. The SMILES string of the molecule is CC1(C)CC(=O)C2=C(C1)N(c1ccc(F)cc1)C(=O)C[C@H]2c1ccsc1. The Hall–Kier alpha value is -2.27. The molecule has 2 aliphatic rings. The molecule has 3 nitrogen and oxygen atoms in total. The number of allylic oxidation sites excluding steroid dienone is 2. The number of thiophene rings is 1.